The minimum atomic E-state index is -4.71. The Morgan fingerprint density at radius 1 is 0.906 bits per heavy atom. The number of nitrogens with one attached hydrogen (secondary N) is 2. The van der Waals surface area contributed by atoms with E-state index >= 15 is 0 Å². The van der Waals surface area contributed by atoms with Crippen molar-refractivity contribution in [3.63, 3.8) is 0 Å². The maximum Gasteiger partial charge on any atom is 0.416 e. The summed E-state index contributed by atoms with van der Waals surface area (Å²) >= 11 is 0. The molecule has 2 aromatic carbocycles. The molecule has 0 radical (unpaired) electrons. The van der Waals surface area contributed by atoms with E-state index in [9.17, 15) is 27.6 Å². The molecule has 7 nitrogen and oxygen atoms in total. The van der Waals surface area contributed by atoms with Gasteiger partial charge in [-0.05, 0) is 36.4 Å². The monoisotopic (exact) mass is 443 g/mol. The van der Waals surface area contributed by atoms with Crippen molar-refractivity contribution in [2.75, 3.05) is 10.6 Å². The lowest BCUT2D eigenvalue weighted by Gasteiger charge is -2.14. The lowest BCUT2D eigenvalue weighted by molar-refractivity contribution is -0.137. The predicted octanol–water partition coefficient (Wildman–Crippen LogP) is 5.07. The number of halogens is 3. The zero-order chi connectivity index (χ0) is 23.3. The number of ketones is 1. The van der Waals surface area contributed by atoms with E-state index in [1.54, 1.807) is 42.6 Å². The standard InChI is InChI=1S/C22H16F3N3O4/c23-22(24,25)15-7-8-17(28-21(31)32)18(11-15)27-20(30)12-19(29)14-5-3-4-13(10-14)16-6-1-2-9-26-16/h1-11,28H,12H2,(H,27,30)(H,31,32). The molecule has 3 aromatic rings. The lowest BCUT2D eigenvalue weighted by atomic mass is 10.0. The van der Waals surface area contributed by atoms with Crippen molar-refractivity contribution in [3.8, 4) is 11.3 Å². The average Bonchev–Trinajstić information content (AvgIpc) is 2.74. The number of Topliss-reactive ketones (excluding diaryl/α,β-unsaturated/α-hetero) is 1. The van der Waals surface area contributed by atoms with E-state index in [1.165, 1.54) is 6.07 Å². The van der Waals surface area contributed by atoms with Gasteiger partial charge in [0.05, 0.1) is 29.1 Å². The first kappa shape index (κ1) is 22.5. The smallest absolute Gasteiger partial charge is 0.416 e. The molecule has 0 saturated carbocycles. The van der Waals surface area contributed by atoms with Gasteiger partial charge in [-0.1, -0.05) is 24.3 Å². The van der Waals surface area contributed by atoms with Gasteiger partial charge in [-0.15, -0.1) is 0 Å². The van der Waals surface area contributed by atoms with Crippen LogP contribution in [0.5, 0.6) is 0 Å². The molecule has 0 bridgehead atoms. The minimum absolute atomic E-state index is 0.219. The van der Waals surface area contributed by atoms with Crippen molar-refractivity contribution in [1.29, 1.82) is 0 Å². The highest BCUT2D eigenvalue weighted by molar-refractivity contribution is 6.12. The van der Waals surface area contributed by atoms with Crippen LogP contribution < -0.4 is 10.6 Å². The van der Waals surface area contributed by atoms with Crippen LogP contribution in [0.4, 0.5) is 29.3 Å². The quantitative estimate of drug-likeness (QED) is 0.364. The number of alkyl halides is 3. The van der Waals surface area contributed by atoms with Gasteiger partial charge in [0, 0.05) is 17.3 Å². The zero-order valence-corrected chi connectivity index (χ0v) is 16.3. The second kappa shape index (κ2) is 9.29. The van der Waals surface area contributed by atoms with Gasteiger partial charge in [0.15, 0.2) is 5.78 Å². The van der Waals surface area contributed by atoms with Crippen LogP contribution in [-0.4, -0.2) is 27.9 Å². The number of hydrogen-bond acceptors (Lipinski definition) is 4. The van der Waals surface area contributed by atoms with Crippen molar-refractivity contribution < 1.29 is 32.7 Å². The first-order valence-electron chi connectivity index (χ1n) is 9.19. The molecular weight excluding hydrogens is 427 g/mol. The molecule has 0 saturated heterocycles. The highest BCUT2D eigenvalue weighted by Crippen LogP contribution is 2.34. The van der Waals surface area contributed by atoms with Crippen LogP contribution in [0.15, 0.2) is 66.9 Å². The van der Waals surface area contributed by atoms with Gasteiger partial charge in [0.1, 0.15) is 0 Å². The summed E-state index contributed by atoms with van der Waals surface area (Å²) in [6, 6.07) is 13.8. The third kappa shape index (κ3) is 5.69. The fraction of sp³-hybridized carbons (Fsp3) is 0.0909. The SMILES string of the molecule is O=C(O)Nc1ccc(C(F)(F)F)cc1NC(=O)CC(=O)c1cccc(-c2ccccn2)c1. The Bertz CT molecular complexity index is 1160. The Balaban J connectivity index is 1.78. The summed E-state index contributed by atoms with van der Waals surface area (Å²) in [5, 5.41) is 13.0. The van der Waals surface area contributed by atoms with E-state index in [2.05, 4.69) is 10.3 Å². The second-order valence-corrected chi connectivity index (χ2v) is 6.63. The van der Waals surface area contributed by atoms with Gasteiger partial charge >= 0.3 is 12.3 Å². The number of carbonyl (C=O) groups excluding carboxylic acids is 2. The van der Waals surface area contributed by atoms with Gasteiger partial charge < -0.3 is 10.4 Å². The normalized spacial score (nSPS) is 11.0. The summed E-state index contributed by atoms with van der Waals surface area (Å²) in [4.78, 5) is 40.0. The molecule has 32 heavy (non-hydrogen) atoms. The van der Waals surface area contributed by atoms with Crippen LogP contribution in [0.2, 0.25) is 0 Å². The van der Waals surface area contributed by atoms with Crippen LogP contribution in [-0.2, 0) is 11.0 Å². The second-order valence-electron chi connectivity index (χ2n) is 6.63. The van der Waals surface area contributed by atoms with E-state index in [0.29, 0.717) is 23.4 Å². The van der Waals surface area contributed by atoms with Crippen molar-refractivity contribution in [1.82, 2.24) is 4.98 Å². The summed E-state index contributed by atoms with van der Waals surface area (Å²) in [7, 11) is 0. The Hall–Kier alpha value is -4.21. The predicted molar refractivity (Wildman–Crippen MR) is 110 cm³/mol. The maximum absolute atomic E-state index is 13.0. The molecule has 2 amide bonds. The maximum atomic E-state index is 13.0. The molecule has 0 unspecified atom stereocenters. The number of hydrogen-bond donors (Lipinski definition) is 3. The van der Waals surface area contributed by atoms with Crippen LogP contribution >= 0.6 is 0 Å². The third-order valence-corrected chi connectivity index (χ3v) is 4.33. The number of anilines is 2. The summed E-state index contributed by atoms with van der Waals surface area (Å²) < 4.78 is 39.0. The number of amides is 2. The molecule has 3 N–H and O–H groups in total. The van der Waals surface area contributed by atoms with Crippen LogP contribution in [0.1, 0.15) is 22.3 Å². The van der Waals surface area contributed by atoms with Crippen LogP contribution in [0.3, 0.4) is 0 Å². The Morgan fingerprint density at radius 3 is 2.34 bits per heavy atom. The number of benzene rings is 2. The van der Waals surface area contributed by atoms with Crippen LogP contribution in [0.25, 0.3) is 11.3 Å². The molecule has 10 heteroatoms. The van der Waals surface area contributed by atoms with E-state index in [-0.39, 0.29) is 11.3 Å². The lowest BCUT2D eigenvalue weighted by Crippen LogP contribution is -2.19. The number of pyridine rings is 1. The molecule has 3 rings (SSSR count). The van der Waals surface area contributed by atoms with Crippen molar-refractivity contribution in [2.24, 2.45) is 0 Å². The van der Waals surface area contributed by atoms with Crippen molar-refractivity contribution in [2.45, 2.75) is 12.6 Å². The minimum Gasteiger partial charge on any atom is -0.465 e. The topological polar surface area (TPSA) is 108 Å². The zero-order valence-electron chi connectivity index (χ0n) is 16.3. The molecule has 0 aliphatic rings. The van der Waals surface area contributed by atoms with Gasteiger partial charge in [0.2, 0.25) is 5.91 Å². The number of aromatic nitrogens is 1. The molecule has 0 spiro atoms. The Kier molecular flexibility index (Phi) is 6.53. The molecule has 164 valence electrons. The molecule has 0 aliphatic carbocycles. The summed E-state index contributed by atoms with van der Waals surface area (Å²) in [5.74, 6) is -1.47. The number of nitrogens with zero attached hydrogens (tertiary/aromatic N) is 1. The van der Waals surface area contributed by atoms with Gasteiger partial charge in [-0.2, -0.15) is 13.2 Å². The summed E-state index contributed by atoms with van der Waals surface area (Å²) in [6.45, 7) is 0. The molecule has 0 atom stereocenters. The number of carbonyl (C=O) groups is 3. The Morgan fingerprint density at radius 2 is 1.69 bits per heavy atom. The van der Waals surface area contributed by atoms with E-state index in [1.807, 2.05) is 5.32 Å². The van der Waals surface area contributed by atoms with E-state index in [0.717, 1.165) is 6.07 Å². The average molecular weight is 443 g/mol. The van der Waals surface area contributed by atoms with Gasteiger partial charge in [-0.3, -0.25) is 19.9 Å². The number of rotatable bonds is 6. The summed E-state index contributed by atoms with van der Waals surface area (Å²) in [6.07, 6.45) is -5.30. The molecule has 0 fully saturated rings. The van der Waals surface area contributed by atoms with Gasteiger partial charge in [0.25, 0.3) is 0 Å². The number of carboxylic acid groups (broad SMARTS) is 1. The largest absolute Gasteiger partial charge is 0.465 e. The van der Waals surface area contributed by atoms with E-state index in [4.69, 9.17) is 5.11 Å². The fourth-order valence-corrected chi connectivity index (χ4v) is 2.88. The first-order chi connectivity index (χ1) is 15.1. The first-order valence-corrected chi connectivity index (χ1v) is 9.19. The third-order valence-electron chi connectivity index (χ3n) is 4.33. The van der Waals surface area contributed by atoms with Crippen LogP contribution in [0, 0.1) is 0 Å². The summed E-state index contributed by atoms with van der Waals surface area (Å²) in [5.41, 5.74) is -0.261. The highest BCUT2D eigenvalue weighted by atomic mass is 19.4. The van der Waals surface area contributed by atoms with Gasteiger partial charge in [-0.25, -0.2) is 4.79 Å². The highest BCUT2D eigenvalue weighted by Gasteiger charge is 2.31. The Labute approximate surface area is 179 Å². The van der Waals surface area contributed by atoms with Crippen molar-refractivity contribution >= 4 is 29.2 Å². The molecular formula is C22H16F3N3O4. The molecule has 1 heterocycles. The molecule has 0 aliphatic heterocycles. The molecule has 1 aromatic heterocycles. The fourth-order valence-electron chi connectivity index (χ4n) is 2.88. The van der Waals surface area contributed by atoms with Crippen molar-refractivity contribution in [3.05, 3.63) is 78.0 Å². The van der Waals surface area contributed by atoms with E-state index < -0.39 is 41.6 Å².